The van der Waals surface area contributed by atoms with Gasteiger partial charge in [-0.15, -0.1) is 0 Å². The summed E-state index contributed by atoms with van der Waals surface area (Å²) in [5.41, 5.74) is 6.57. The summed E-state index contributed by atoms with van der Waals surface area (Å²) in [7, 11) is -3.34. The maximum atomic E-state index is 13.4. The predicted octanol–water partition coefficient (Wildman–Crippen LogP) is 8.80. The average Bonchev–Trinajstić information content (AvgIpc) is 3.43. The fourth-order valence-corrected chi connectivity index (χ4v) is 10.4. The van der Waals surface area contributed by atoms with Crippen molar-refractivity contribution in [3.8, 4) is 0 Å². The summed E-state index contributed by atoms with van der Waals surface area (Å²) < 4.78 is 31.3. The van der Waals surface area contributed by atoms with E-state index in [0.29, 0.717) is 36.8 Å². The molecule has 0 N–H and O–H groups in total. The first-order chi connectivity index (χ1) is 18.3. The molecule has 1 heterocycles. The van der Waals surface area contributed by atoms with E-state index in [4.69, 9.17) is 13.8 Å². The van der Waals surface area contributed by atoms with Crippen molar-refractivity contribution in [2.45, 2.75) is 98.5 Å². The Hall–Kier alpha value is -0.730. The molecule has 1 aromatic rings. The molecule has 3 fully saturated rings. The molecule has 5 aliphatic rings. The summed E-state index contributed by atoms with van der Waals surface area (Å²) in [5, 5.41) is 0.608. The van der Waals surface area contributed by atoms with Gasteiger partial charge in [0.25, 0.3) is 0 Å². The van der Waals surface area contributed by atoms with Crippen LogP contribution in [0.25, 0.3) is 0 Å². The molecule has 5 atom stereocenters. The van der Waals surface area contributed by atoms with E-state index in [2.05, 4.69) is 25.6 Å². The second-order valence-electron chi connectivity index (χ2n) is 12.0. The van der Waals surface area contributed by atoms with Gasteiger partial charge in [0.15, 0.2) is 5.78 Å². The van der Waals surface area contributed by atoms with Gasteiger partial charge in [-0.05, 0) is 111 Å². The lowest BCUT2D eigenvalue weighted by molar-refractivity contribution is -0.114. The third-order valence-corrected chi connectivity index (χ3v) is 12.5. The van der Waals surface area contributed by atoms with E-state index in [0.717, 1.165) is 45.1 Å². The van der Waals surface area contributed by atoms with Crippen molar-refractivity contribution in [2.24, 2.45) is 17.3 Å². The van der Waals surface area contributed by atoms with Crippen LogP contribution in [0.15, 0.2) is 59.2 Å². The van der Waals surface area contributed by atoms with Crippen LogP contribution in [0.2, 0.25) is 0 Å². The fraction of sp³-hybridized carbons (Fsp3) is 0.618. The second kappa shape index (κ2) is 15.2. The van der Waals surface area contributed by atoms with Crippen molar-refractivity contribution >= 4 is 59.2 Å². The minimum Gasteiger partial charge on any atom is -0.370 e. The third-order valence-electron chi connectivity index (χ3n) is 10.4. The van der Waals surface area contributed by atoms with Crippen LogP contribution in [0.4, 0.5) is 0 Å². The first-order valence-electron chi connectivity index (χ1n) is 14.5. The number of ketones is 1. The number of carbonyl (C=O) groups is 1. The molecule has 43 heavy (non-hydrogen) atoms. The molecule has 0 radical (unpaired) electrons. The van der Waals surface area contributed by atoms with Gasteiger partial charge in [0.2, 0.25) is 0 Å². The van der Waals surface area contributed by atoms with Crippen molar-refractivity contribution in [1.82, 2.24) is 0 Å². The highest BCUT2D eigenvalue weighted by Crippen LogP contribution is 2.70. The van der Waals surface area contributed by atoms with E-state index < -0.39 is 7.60 Å². The number of fused-ring (bicyclic) bond motifs is 5. The molecule has 1 saturated heterocycles. The van der Waals surface area contributed by atoms with Gasteiger partial charge in [-0.25, -0.2) is 0 Å². The molecule has 9 heteroatoms. The predicted molar refractivity (Wildman–Crippen MR) is 194 cm³/mol. The molecule has 4 aliphatic carbocycles. The summed E-state index contributed by atoms with van der Waals surface area (Å²) in [6.45, 7) is 12.1. The molecular weight excluding hydrogens is 616 g/mol. The summed E-state index contributed by atoms with van der Waals surface area (Å²) in [4.78, 5) is 12.3. The molecule has 6 rings (SSSR count). The number of allylic oxidation sites excluding steroid dienone is 4. The number of rotatable bonds is 6. The third kappa shape index (κ3) is 6.33. The Morgan fingerprint density at radius 3 is 2.21 bits per heavy atom. The Balaban J connectivity index is 0.00000185. The van der Waals surface area contributed by atoms with Crippen molar-refractivity contribution in [1.29, 1.82) is 0 Å². The van der Waals surface area contributed by atoms with Crippen molar-refractivity contribution in [2.75, 3.05) is 19.8 Å². The first-order valence-corrected chi connectivity index (χ1v) is 16.1. The molecular formula is C34H55O5PS3. The van der Waals surface area contributed by atoms with Gasteiger partial charge >= 0.3 is 7.60 Å². The number of carbonyl (C=O) groups excluding carboxylic acids is 1. The molecule has 0 aromatic heterocycles. The van der Waals surface area contributed by atoms with Gasteiger partial charge in [-0.1, -0.05) is 46.1 Å². The maximum Gasteiger partial charge on any atom is 0.361 e. The topological polar surface area (TPSA) is 61.8 Å². The van der Waals surface area contributed by atoms with E-state index in [1.54, 1.807) is 5.57 Å². The van der Waals surface area contributed by atoms with Crippen LogP contribution < -0.4 is 5.30 Å². The molecule has 1 spiro atoms. The second-order valence-corrected chi connectivity index (χ2v) is 14.0. The Labute approximate surface area is 281 Å². The largest absolute Gasteiger partial charge is 0.370 e. The zero-order valence-corrected chi connectivity index (χ0v) is 28.5. The highest BCUT2D eigenvalue weighted by Gasteiger charge is 2.65. The summed E-state index contributed by atoms with van der Waals surface area (Å²) in [5.74, 6) is 1.55. The van der Waals surface area contributed by atoms with Gasteiger partial charge in [0, 0.05) is 17.8 Å². The monoisotopic (exact) mass is 670 g/mol. The number of hydrogen-bond donors (Lipinski definition) is 0. The minimum absolute atomic E-state index is 0. The average molecular weight is 671 g/mol. The summed E-state index contributed by atoms with van der Waals surface area (Å²) in [6.07, 6.45) is 9.67. The summed E-state index contributed by atoms with van der Waals surface area (Å²) in [6, 6.07) is 8.15. The lowest BCUT2D eigenvalue weighted by Gasteiger charge is -2.55. The van der Waals surface area contributed by atoms with E-state index in [-0.39, 0.29) is 78.1 Å². The Kier molecular flexibility index (Phi) is 14.3. The molecule has 1 aliphatic heterocycles. The van der Waals surface area contributed by atoms with Gasteiger partial charge in [0.05, 0.1) is 30.7 Å². The van der Waals surface area contributed by atoms with Crippen LogP contribution in [-0.2, 0) is 23.1 Å². The smallest absolute Gasteiger partial charge is 0.361 e. The van der Waals surface area contributed by atoms with Crippen LogP contribution in [0, 0.1) is 17.3 Å². The molecule has 1 aromatic carbocycles. The number of hydrogen-bond acceptors (Lipinski definition) is 5. The molecule has 244 valence electrons. The van der Waals surface area contributed by atoms with Crippen LogP contribution >= 0.6 is 48.1 Å². The number of ether oxygens (including phenoxy) is 1. The highest BCUT2D eigenvalue weighted by atomic mass is 32.1. The van der Waals surface area contributed by atoms with Crippen LogP contribution in [-0.4, -0.2) is 31.2 Å². The maximum absolute atomic E-state index is 13.4. The van der Waals surface area contributed by atoms with E-state index in [1.807, 2.05) is 32.1 Å². The molecule has 5 nitrogen and oxygen atoms in total. The Morgan fingerprint density at radius 2 is 1.63 bits per heavy atom. The molecule has 0 bridgehead atoms. The lowest BCUT2D eigenvalue weighted by atomic mass is 9.50. The molecule has 0 amide bonds. The Bertz CT molecular complexity index is 1270. The van der Waals surface area contributed by atoms with Crippen molar-refractivity contribution in [3.05, 3.63) is 64.8 Å². The lowest BCUT2D eigenvalue weighted by Crippen LogP contribution is -2.52. The van der Waals surface area contributed by atoms with E-state index in [1.165, 1.54) is 28.7 Å². The molecule has 2 saturated carbocycles. The fourth-order valence-electron chi connectivity index (χ4n) is 8.83. The standard InChI is InChI=1S/C32H41O5P.2CH4.3H2S/c1-5-36-38(34,37-6-2)25-11-7-22(8-12-25)28-20-31(4)29(15-17-32(31)21(3)16-18-35-32)27-13-9-23-19-24(33)10-14-26(23)30(27)28;;;;;/h7-8,11-12,19,27-29H,3,5-6,9-10,13-18,20H2,1-2,4H3;2*1H4;3*1H2/t27-,28+,29-,31-,32+;;;;;/m0...../s1. The van der Waals surface area contributed by atoms with Crippen LogP contribution in [0.3, 0.4) is 0 Å². The summed E-state index contributed by atoms with van der Waals surface area (Å²) >= 11 is 0. The minimum atomic E-state index is -3.34. The van der Waals surface area contributed by atoms with E-state index >= 15 is 0 Å². The van der Waals surface area contributed by atoms with Crippen LogP contribution in [0.5, 0.6) is 0 Å². The first kappa shape index (κ1) is 40.3. The molecule has 0 unspecified atom stereocenters. The normalized spacial score (nSPS) is 30.8. The SMILES string of the molecule is C.C.C=C1CCO[C@]12CC[C@H]1[C@@H]3CCC4=CC(=O)CCC4=C3[C@@H](c3ccc(P(=O)(OCC)OCC)cc3)C[C@@]12C.S.S.S. The number of benzene rings is 1. The van der Waals surface area contributed by atoms with Gasteiger partial charge in [-0.2, -0.15) is 40.5 Å². The van der Waals surface area contributed by atoms with Crippen molar-refractivity contribution in [3.63, 3.8) is 0 Å². The van der Waals surface area contributed by atoms with Gasteiger partial charge in [-0.3, -0.25) is 9.36 Å². The van der Waals surface area contributed by atoms with Crippen molar-refractivity contribution < 1.29 is 23.1 Å². The highest BCUT2D eigenvalue weighted by molar-refractivity contribution is 7.62. The van der Waals surface area contributed by atoms with E-state index in [9.17, 15) is 9.36 Å². The Morgan fingerprint density at radius 1 is 0.977 bits per heavy atom. The van der Waals surface area contributed by atoms with Crippen LogP contribution in [0.1, 0.15) is 98.5 Å². The van der Waals surface area contributed by atoms with Gasteiger partial charge in [0.1, 0.15) is 0 Å². The van der Waals surface area contributed by atoms with Gasteiger partial charge < -0.3 is 13.8 Å². The quantitative estimate of drug-likeness (QED) is 0.224. The zero-order valence-electron chi connectivity index (χ0n) is 24.6. The zero-order chi connectivity index (χ0) is 26.7.